The maximum atomic E-state index is 12.0. The Labute approximate surface area is 125 Å². The summed E-state index contributed by atoms with van der Waals surface area (Å²) in [5.41, 5.74) is 0. The Balaban J connectivity index is 2.33. The molecule has 7 heteroatoms. The molecule has 0 aliphatic carbocycles. The molecule has 2 N–H and O–H groups in total. The number of likely N-dealkylation sites (tertiary alicyclic amines) is 1. The van der Waals surface area contributed by atoms with Crippen molar-refractivity contribution in [3.63, 3.8) is 0 Å². The SMILES string of the molecule is CCN(CC)C(=O)CCNC(=O)N1CCCC(C(=O)O)C1. The Hall–Kier alpha value is -1.79. The van der Waals surface area contributed by atoms with Crippen LogP contribution in [0.2, 0.25) is 0 Å². The highest BCUT2D eigenvalue weighted by atomic mass is 16.4. The normalized spacial score (nSPS) is 18.2. The van der Waals surface area contributed by atoms with Crippen LogP contribution in [-0.4, -0.2) is 65.5 Å². The molecule has 1 unspecified atom stereocenters. The summed E-state index contributed by atoms with van der Waals surface area (Å²) in [5, 5.41) is 11.7. The van der Waals surface area contributed by atoms with Crippen LogP contribution in [0.5, 0.6) is 0 Å². The molecule has 0 aromatic heterocycles. The fourth-order valence-electron chi connectivity index (χ4n) is 2.49. The van der Waals surface area contributed by atoms with Crippen LogP contribution >= 0.6 is 0 Å². The first kappa shape index (κ1) is 17.3. The topological polar surface area (TPSA) is 90.0 Å². The third-order valence-corrected chi connectivity index (χ3v) is 3.79. The number of nitrogens with zero attached hydrogens (tertiary/aromatic N) is 2. The van der Waals surface area contributed by atoms with Gasteiger partial charge < -0.3 is 20.2 Å². The number of hydrogen-bond donors (Lipinski definition) is 2. The van der Waals surface area contributed by atoms with Crippen LogP contribution in [0.25, 0.3) is 0 Å². The van der Waals surface area contributed by atoms with Gasteiger partial charge in [0.05, 0.1) is 5.92 Å². The minimum atomic E-state index is -0.857. The average Bonchev–Trinajstić information content (AvgIpc) is 2.48. The average molecular weight is 299 g/mol. The van der Waals surface area contributed by atoms with Gasteiger partial charge in [0.15, 0.2) is 0 Å². The lowest BCUT2D eigenvalue weighted by atomic mass is 9.99. The molecule has 1 saturated heterocycles. The Morgan fingerprint density at radius 1 is 1.29 bits per heavy atom. The van der Waals surface area contributed by atoms with Crippen molar-refractivity contribution in [2.45, 2.75) is 33.1 Å². The number of urea groups is 1. The zero-order valence-corrected chi connectivity index (χ0v) is 12.8. The number of hydrogen-bond acceptors (Lipinski definition) is 3. The molecular weight excluding hydrogens is 274 g/mol. The van der Waals surface area contributed by atoms with Crippen molar-refractivity contribution in [2.24, 2.45) is 5.92 Å². The van der Waals surface area contributed by atoms with E-state index in [0.717, 1.165) is 0 Å². The number of aliphatic carboxylic acids is 1. The number of nitrogens with one attached hydrogen (secondary N) is 1. The lowest BCUT2D eigenvalue weighted by Crippen LogP contribution is -2.47. The third-order valence-electron chi connectivity index (χ3n) is 3.79. The van der Waals surface area contributed by atoms with Gasteiger partial charge in [-0.25, -0.2) is 4.79 Å². The zero-order chi connectivity index (χ0) is 15.8. The second-order valence-corrected chi connectivity index (χ2v) is 5.17. The molecule has 3 amide bonds. The summed E-state index contributed by atoms with van der Waals surface area (Å²) in [4.78, 5) is 37.9. The van der Waals surface area contributed by atoms with Crippen molar-refractivity contribution in [3.8, 4) is 0 Å². The summed E-state index contributed by atoms with van der Waals surface area (Å²) in [6.45, 7) is 6.25. The fraction of sp³-hybridized carbons (Fsp3) is 0.786. The van der Waals surface area contributed by atoms with E-state index >= 15 is 0 Å². The highest BCUT2D eigenvalue weighted by Crippen LogP contribution is 2.16. The van der Waals surface area contributed by atoms with E-state index in [1.54, 1.807) is 4.90 Å². The number of carbonyl (C=O) groups excluding carboxylic acids is 2. The predicted octanol–water partition coefficient (Wildman–Crippen LogP) is 0.751. The van der Waals surface area contributed by atoms with Gasteiger partial charge in [0, 0.05) is 39.1 Å². The summed E-state index contributed by atoms with van der Waals surface area (Å²) < 4.78 is 0. The number of carbonyl (C=O) groups is 3. The van der Waals surface area contributed by atoms with Gasteiger partial charge in [0.1, 0.15) is 0 Å². The van der Waals surface area contributed by atoms with Crippen LogP contribution in [-0.2, 0) is 9.59 Å². The molecule has 1 rings (SSSR count). The van der Waals surface area contributed by atoms with Gasteiger partial charge >= 0.3 is 12.0 Å². The summed E-state index contributed by atoms with van der Waals surface area (Å²) in [6.07, 6.45) is 1.58. The molecule has 0 aromatic rings. The molecule has 120 valence electrons. The summed E-state index contributed by atoms with van der Waals surface area (Å²) >= 11 is 0. The van der Waals surface area contributed by atoms with Crippen LogP contribution in [0.4, 0.5) is 4.79 Å². The van der Waals surface area contributed by atoms with E-state index in [-0.39, 0.29) is 31.4 Å². The van der Waals surface area contributed by atoms with Crippen molar-refractivity contribution in [1.29, 1.82) is 0 Å². The van der Waals surface area contributed by atoms with Crippen molar-refractivity contribution in [2.75, 3.05) is 32.7 Å². The van der Waals surface area contributed by atoms with E-state index < -0.39 is 11.9 Å². The number of amides is 3. The molecule has 1 fully saturated rings. The molecule has 21 heavy (non-hydrogen) atoms. The smallest absolute Gasteiger partial charge is 0.317 e. The minimum absolute atomic E-state index is 0.0161. The minimum Gasteiger partial charge on any atom is -0.481 e. The maximum Gasteiger partial charge on any atom is 0.317 e. The Bertz CT molecular complexity index is 382. The first-order chi connectivity index (χ1) is 9.99. The maximum absolute atomic E-state index is 12.0. The van der Waals surface area contributed by atoms with E-state index in [9.17, 15) is 14.4 Å². The lowest BCUT2D eigenvalue weighted by Gasteiger charge is -2.30. The van der Waals surface area contributed by atoms with Gasteiger partial charge in [-0.2, -0.15) is 0 Å². The number of carboxylic acid groups (broad SMARTS) is 1. The molecule has 1 aliphatic rings. The zero-order valence-electron chi connectivity index (χ0n) is 12.8. The molecule has 0 spiro atoms. The van der Waals surface area contributed by atoms with Gasteiger partial charge in [-0.3, -0.25) is 9.59 Å². The Morgan fingerprint density at radius 2 is 1.95 bits per heavy atom. The fourth-order valence-corrected chi connectivity index (χ4v) is 2.49. The second kappa shape index (κ2) is 8.49. The van der Waals surface area contributed by atoms with Gasteiger partial charge in [-0.1, -0.05) is 0 Å². The van der Waals surface area contributed by atoms with E-state index in [1.165, 1.54) is 4.90 Å². The molecule has 0 bridgehead atoms. The molecule has 0 aromatic carbocycles. The van der Waals surface area contributed by atoms with E-state index in [0.29, 0.717) is 32.5 Å². The highest BCUT2D eigenvalue weighted by molar-refractivity contribution is 5.79. The van der Waals surface area contributed by atoms with Gasteiger partial charge in [-0.15, -0.1) is 0 Å². The standard InChI is InChI=1S/C14H25N3O4/c1-3-16(4-2)12(18)7-8-15-14(21)17-9-5-6-11(10-17)13(19)20/h11H,3-10H2,1-2H3,(H,15,21)(H,19,20). The van der Waals surface area contributed by atoms with Crippen molar-refractivity contribution in [1.82, 2.24) is 15.1 Å². The first-order valence-corrected chi connectivity index (χ1v) is 7.52. The molecule has 1 heterocycles. The van der Waals surface area contributed by atoms with Gasteiger partial charge in [0.25, 0.3) is 0 Å². The van der Waals surface area contributed by atoms with Gasteiger partial charge in [0.2, 0.25) is 5.91 Å². The molecule has 7 nitrogen and oxygen atoms in total. The summed E-state index contributed by atoms with van der Waals surface area (Å²) in [6, 6.07) is -0.284. The van der Waals surface area contributed by atoms with Crippen molar-refractivity contribution < 1.29 is 19.5 Å². The summed E-state index contributed by atoms with van der Waals surface area (Å²) in [5.74, 6) is -1.33. The monoisotopic (exact) mass is 299 g/mol. The molecule has 0 saturated carbocycles. The van der Waals surface area contributed by atoms with Crippen molar-refractivity contribution in [3.05, 3.63) is 0 Å². The second-order valence-electron chi connectivity index (χ2n) is 5.17. The Kier molecular flexibility index (Phi) is 6.98. The van der Waals surface area contributed by atoms with Crippen LogP contribution in [0.15, 0.2) is 0 Å². The van der Waals surface area contributed by atoms with Crippen molar-refractivity contribution >= 4 is 17.9 Å². The van der Waals surface area contributed by atoms with E-state index in [4.69, 9.17) is 5.11 Å². The third kappa shape index (κ3) is 5.24. The number of rotatable bonds is 6. The van der Waals surface area contributed by atoms with E-state index in [1.807, 2.05) is 13.8 Å². The van der Waals surface area contributed by atoms with Gasteiger partial charge in [-0.05, 0) is 26.7 Å². The molecular formula is C14H25N3O4. The quantitative estimate of drug-likeness (QED) is 0.757. The largest absolute Gasteiger partial charge is 0.481 e. The predicted molar refractivity (Wildman–Crippen MR) is 77.9 cm³/mol. The number of carboxylic acids is 1. The van der Waals surface area contributed by atoms with Crippen LogP contribution in [0, 0.1) is 5.92 Å². The molecule has 1 atom stereocenters. The molecule has 1 aliphatic heterocycles. The number of piperidine rings is 1. The first-order valence-electron chi connectivity index (χ1n) is 7.52. The van der Waals surface area contributed by atoms with Crippen LogP contribution in [0.3, 0.4) is 0 Å². The van der Waals surface area contributed by atoms with Crippen LogP contribution < -0.4 is 5.32 Å². The van der Waals surface area contributed by atoms with E-state index in [2.05, 4.69) is 5.32 Å². The summed E-state index contributed by atoms with van der Waals surface area (Å²) in [7, 11) is 0. The van der Waals surface area contributed by atoms with Crippen LogP contribution in [0.1, 0.15) is 33.1 Å². The highest BCUT2D eigenvalue weighted by Gasteiger charge is 2.27. The lowest BCUT2D eigenvalue weighted by molar-refractivity contribution is -0.143. The Morgan fingerprint density at radius 3 is 2.52 bits per heavy atom. The molecule has 0 radical (unpaired) electrons.